The minimum absolute atomic E-state index is 0.199. The number of benzene rings is 3. The third kappa shape index (κ3) is 3.55. The molecule has 0 saturated heterocycles. The molecule has 1 aliphatic rings. The molecule has 0 N–H and O–H groups in total. The third-order valence-corrected chi connectivity index (χ3v) is 5.37. The molecule has 1 unspecified atom stereocenters. The second kappa shape index (κ2) is 7.14. The van der Waals surface area contributed by atoms with Crippen LogP contribution in [-0.2, 0) is 0 Å². The molecule has 3 aromatic carbocycles. The highest BCUT2D eigenvalue weighted by Gasteiger charge is 2.29. The van der Waals surface area contributed by atoms with E-state index in [2.05, 4.69) is 104 Å². The van der Waals surface area contributed by atoms with Gasteiger partial charge in [0.25, 0.3) is 0 Å². The number of rotatable bonds is 3. The van der Waals surface area contributed by atoms with E-state index in [1.807, 2.05) is 12.1 Å². The Morgan fingerprint density at radius 1 is 0.800 bits per heavy atom. The van der Waals surface area contributed by atoms with Crippen LogP contribution in [0.4, 0.5) is 5.69 Å². The third-order valence-electron chi connectivity index (χ3n) is 4.34. The monoisotopic (exact) mass is 454 g/mol. The molecular formula is C21H16Br2N2. The number of para-hydroxylation sites is 1. The highest BCUT2D eigenvalue weighted by Crippen LogP contribution is 2.37. The molecule has 1 atom stereocenters. The Morgan fingerprint density at radius 2 is 1.56 bits per heavy atom. The summed E-state index contributed by atoms with van der Waals surface area (Å²) in [4.78, 5) is 0. The van der Waals surface area contributed by atoms with Crippen LogP contribution in [0.1, 0.15) is 23.6 Å². The number of hydrogen-bond acceptors (Lipinski definition) is 2. The quantitative estimate of drug-likeness (QED) is 0.436. The lowest BCUT2D eigenvalue weighted by molar-refractivity contribution is 0.709. The summed E-state index contributed by atoms with van der Waals surface area (Å²) < 4.78 is 2.17. The molecule has 0 bridgehead atoms. The summed E-state index contributed by atoms with van der Waals surface area (Å²) in [5.74, 6) is 0. The van der Waals surface area contributed by atoms with Gasteiger partial charge in [-0.25, -0.2) is 0 Å². The van der Waals surface area contributed by atoms with Crippen LogP contribution in [0.2, 0.25) is 0 Å². The zero-order valence-corrected chi connectivity index (χ0v) is 16.6. The van der Waals surface area contributed by atoms with E-state index in [9.17, 15) is 0 Å². The van der Waals surface area contributed by atoms with Crippen molar-refractivity contribution in [3.05, 3.63) is 98.9 Å². The van der Waals surface area contributed by atoms with E-state index in [0.717, 1.165) is 32.3 Å². The fraction of sp³-hybridized carbons (Fsp3) is 0.0952. The van der Waals surface area contributed by atoms with Crippen molar-refractivity contribution >= 4 is 43.3 Å². The fourth-order valence-corrected chi connectivity index (χ4v) is 3.78. The van der Waals surface area contributed by atoms with Gasteiger partial charge in [-0.2, -0.15) is 5.10 Å². The van der Waals surface area contributed by atoms with Crippen LogP contribution in [-0.4, -0.2) is 5.71 Å². The first-order chi connectivity index (χ1) is 12.2. The van der Waals surface area contributed by atoms with Gasteiger partial charge in [-0.15, -0.1) is 0 Å². The van der Waals surface area contributed by atoms with E-state index >= 15 is 0 Å². The molecule has 0 radical (unpaired) electrons. The second-order valence-electron chi connectivity index (χ2n) is 6.01. The van der Waals surface area contributed by atoms with Crippen LogP contribution in [0, 0.1) is 0 Å². The Labute approximate surface area is 164 Å². The maximum absolute atomic E-state index is 4.97. The fourth-order valence-electron chi connectivity index (χ4n) is 3.12. The Balaban J connectivity index is 1.75. The lowest BCUT2D eigenvalue weighted by atomic mass is 9.98. The van der Waals surface area contributed by atoms with Gasteiger partial charge in [0, 0.05) is 15.4 Å². The van der Waals surface area contributed by atoms with Gasteiger partial charge >= 0.3 is 0 Å². The second-order valence-corrected chi connectivity index (χ2v) is 7.84. The molecular weight excluding hydrogens is 440 g/mol. The summed E-state index contributed by atoms with van der Waals surface area (Å²) in [5.41, 5.74) is 4.65. The van der Waals surface area contributed by atoms with Crippen molar-refractivity contribution in [1.29, 1.82) is 0 Å². The standard InChI is InChI=1S/C21H16Br2N2/c22-17-11-9-15(10-12-17)21-14-20(16-5-4-6-18(23)13-16)24-25(21)19-7-2-1-3-8-19/h1-13,21H,14H2. The minimum atomic E-state index is 0.199. The summed E-state index contributed by atoms with van der Waals surface area (Å²) in [6.07, 6.45) is 0.882. The first-order valence-corrected chi connectivity index (χ1v) is 9.72. The maximum Gasteiger partial charge on any atom is 0.0831 e. The summed E-state index contributed by atoms with van der Waals surface area (Å²) in [5, 5.41) is 7.11. The average Bonchev–Trinajstić information content (AvgIpc) is 3.08. The number of anilines is 1. The predicted molar refractivity (Wildman–Crippen MR) is 111 cm³/mol. The number of hydrazone groups is 1. The Bertz CT molecular complexity index is 905. The lowest BCUT2D eigenvalue weighted by Crippen LogP contribution is -2.18. The van der Waals surface area contributed by atoms with Crippen molar-refractivity contribution < 1.29 is 0 Å². The van der Waals surface area contributed by atoms with E-state index in [1.54, 1.807) is 0 Å². The van der Waals surface area contributed by atoms with Gasteiger partial charge in [-0.05, 0) is 47.5 Å². The summed E-state index contributed by atoms with van der Waals surface area (Å²) >= 11 is 7.09. The molecule has 3 aromatic rings. The normalized spacial score (nSPS) is 16.8. The summed E-state index contributed by atoms with van der Waals surface area (Å²) in [6.45, 7) is 0. The largest absolute Gasteiger partial charge is 0.257 e. The van der Waals surface area contributed by atoms with Gasteiger partial charge in [-0.1, -0.05) is 74.3 Å². The zero-order chi connectivity index (χ0) is 17.2. The first-order valence-electron chi connectivity index (χ1n) is 8.14. The Hall–Kier alpha value is -1.91. The topological polar surface area (TPSA) is 15.6 Å². The molecule has 0 saturated carbocycles. The molecule has 4 heteroatoms. The van der Waals surface area contributed by atoms with E-state index in [1.165, 1.54) is 5.56 Å². The van der Waals surface area contributed by atoms with Gasteiger partial charge in [0.05, 0.1) is 17.4 Å². The van der Waals surface area contributed by atoms with Crippen LogP contribution in [0.5, 0.6) is 0 Å². The lowest BCUT2D eigenvalue weighted by Gasteiger charge is -2.24. The van der Waals surface area contributed by atoms with Crippen LogP contribution in [0.25, 0.3) is 0 Å². The van der Waals surface area contributed by atoms with Gasteiger partial charge < -0.3 is 0 Å². The molecule has 0 aromatic heterocycles. The maximum atomic E-state index is 4.97. The Kier molecular flexibility index (Phi) is 4.73. The van der Waals surface area contributed by atoms with Crippen molar-refractivity contribution in [3.63, 3.8) is 0 Å². The van der Waals surface area contributed by atoms with Crippen molar-refractivity contribution in [2.24, 2.45) is 5.10 Å². The molecule has 1 heterocycles. The SMILES string of the molecule is Brc1ccc(C2CC(c3cccc(Br)c3)=NN2c2ccccc2)cc1. The number of hydrogen-bond donors (Lipinski definition) is 0. The Morgan fingerprint density at radius 3 is 2.28 bits per heavy atom. The van der Waals surface area contributed by atoms with Crippen molar-refractivity contribution in [1.82, 2.24) is 0 Å². The molecule has 0 fully saturated rings. The smallest absolute Gasteiger partial charge is 0.0831 e. The molecule has 1 aliphatic heterocycles. The van der Waals surface area contributed by atoms with E-state index < -0.39 is 0 Å². The van der Waals surface area contributed by atoms with Crippen LogP contribution in [0.3, 0.4) is 0 Å². The average molecular weight is 456 g/mol. The molecule has 0 aliphatic carbocycles. The molecule has 4 rings (SSSR count). The summed E-state index contributed by atoms with van der Waals surface area (Å²) in [7, 11) is 0. The highest BCUT2D eigenvalue weighted by molar-refractivity contribution is 9.10. The van der Waals surface area contributed by atoms with Crippen LogP contribution in [0.15, 0.2) is 92.9 Å². The van der Waals surface area contributed by atoms with Crippen molar-refractivity contribution in [3.8, 4) is 0 Å². The molecule has 0 spiro atoms. The van der Waals surface area contributed by atoms with E-state index in [0.29, 0.717) is 0 Å². The summed E-state index contributed by atoms with van der Waals surface area (Å²) in [6, 6.07) is 27.4. The van der Waals surface area contributed by atoms with Crippen LogP contribution >= 0.6 is 31.9 Å². The molecule has 0 amide bonds. The first kappa shape index (κ1) is 16.6. The number of halogens is 2. The molecule has 124 valence electrons. The van der Waals surface area contributed by atoms with Gasteiger partial charge in [0.15, 0.2) is 0 Å². The zero-order valence-electron chi connectivity index (χ0n) is 13.4. The minimum Gasteiger partial charge on any atom is -0.257 e. The van der Waals surface area contributed by atoms with E-state index in [-0.39, 0.29) is 6.04 Å². The molecule has 25 heavy (non-hydrogen) atoms. The number of nitrogens with zero attached hydrogens (tertiary/aromatic N) is 2. The predicted octanol–water partition coefficient (Wildman–Crippen LogP) is 6.57. The van der Waals surface area contributed by atoms with Gasteiger partial charge in [0.1, 0.15) is 0 Å². The van der Waals surface area contributed by atoms with Crippen molar-refractivity contribution in [2.75, 3.05) is 5.01 Å². The van der Waals surface area contributed by atoms with Crippen LogP contribution < -0.4 is 5.01 Å². The van der Waals surface area contributed by atoms with Gasteiger partial charge in [-0.3, -0.25) is 5.01 Å². The highest BCUT2D eigenvalue weighted by atomic mass is 79.9. The van der Waals surface area contributed by atoms with Crippen molar-refractivity contribution in [2.45, 2.75) is 12.5 Å². The van der Waals surface area contributed by atoms with Gasteiger partial charge in [0.2, 0.25) is 0 Å². The van der Waals surface area contributed by atoms with E-state index in [4.69, 9.17) is 5.10 Å². The molecule has 2 nitrogen and oxygen atoms in total.